The fourth-order valence-corrected chi connectivity index (χ4v) is 2.26. The maximum atomic E-state index is 11.6. The lowest BCUT2D eigenvalue weighted by Gasteiger charge is -2.11. The summed E-state index contributed by atoms with van der Waals surface area (Å²) in [4.78, 5) is 23.9. The molecule has 0 aliphatic rings. The van der Waals surface area contributed by atoms with Gasteiger partial charge in [0.15, 0.2) is 16.6 Å². The minimum Gasteiger partial charge on any atom is -0.495 e. The second-order valence-corrected chi connectivity index (χ2v) is 4.75. The van der Waals surface area contributed by atoms with Crippen molar-refractivity contribution in [1.82, 2.24) is 19.5 Å². The van der Waals surface area contributed by atoms with Gasteiger partial charge in [-0.3, -0.25) is 9.36 Å². The van der Waals surface area contributed by atoms with Crippen molar-refractivity contribution in [3.63, 3.8) is 0 Å². The second kappa shape index (κ2) is 5.14. The lowest BCUT2D eigenvalue weighted by Crippen LogP contribution is -2.01. The summed E-state index contributed by atoms with van der Waals surface area (Å²) in [5.41, 5.74) is 2.29. The summed E-state index contributed by atoms with van der Waals surface area (Å²) in [6.45, 7) is 1.51. The third-order valence-corrected chi connectivity index (χ3v) is 3.41. The summed E-state index contributed by atoms with van der Waals surface area (Å²) in [6.07, 6.45) is 2.94. The van der Waals surface area contributed by atoms with Gasteiger partial charge >= 0.3 is 0 Å². The minimum atomic E-state index is -0.0315. The van der Waals surface area contributed by atoms with E-state index < -0.39 is 0 Å². The molecule has 106 valence electrons. The van der Waals surface area contributed by atoms with Gasteiger partial charge in [-0.1, -0.05) is 11.6 Å². The Balaban J connectivity index is 2.29. The first-order chi connectivity index (χ1) is 10.1. The molecule has 0 bridgehead atoms. The number of ether oxygens (including phenoxy) is 1. The summed E-state index contributed by atoms with van der Waals surface area (Å²) in [5.74, 6) is 0.574. The number of hydrogen-bond acceptors (Lipinski definition) is 5. The van der Waals surface area contributed by atoms with Crippen LogP contribution >= 0.6 is 11.6 Å². The number of nitrogens with zero attached hydrogens (tertiary/aromatic N) is 4. The molecule has 0 spiro atoms. The number of carbonyl (C=O) groups excluding carboxylic acids is 1. The average molecular weight is 303 g/mol. The predicted molar refractivity (Wildman–Crippen MR) is 78.2 cm³/mol. The van der Waals surface area contributed by atoms with Gasteiger partial charge in [-0.2, -0.15) is 0 Å². The summed E-state index contributed by atoms with van der Waals surface area (Å²) in [7, 11) is 1.56. The van der Waals surface area contributed by atoms with E-state index in [1.54, 1.807) is 36.2 Å². The van der Waals surface area contributed by atoms with Crippen LogP contribution in [0.15, 0.2) is 30.9 Å². The van der Waals surface area contributed by atoms with E-state index in [9.17, 15) is 4.79 Å². The van der Waals surface area contributed by atoms with E-state index in [0.29, 0.717) is 28.2 Å². The van der Waals surface area contributed by atoms with Crippen LogP contribution in [0.3, 0.4) is 0 Å². The molecule has 7 heteroatoms. The Kier molecular flexibility index (Phi) is 3.31. The highest BCUT2D eigenvalue weighted by Crippen LogP contribution is 2.28. The quantitative estimate of drug-likeness (QED) is 0.549. The first-order valence-electron chi connectivity index (χ1n) is 6.14. The fraction of sp³-hybridized carbons (Fsp3) is 0.143. The van der Waals surface area contributed by atoms with Crippen LogP contribution in [0.1, 0.15) is 17.3 Å². The molecule has 0 saturated carbocycles. The molecule has 0 amide bonds. The van der Waals surface area contributed by atoms with Crippen molar-refractivity contribution >= 4 is 28.5 Å². The minimum absolute atomic E-state index is 0.0315. The van der Waals surface area contributed by atoms with Crippen LogP contribution in [-0.4, -0.2) is 32.4 Å². The zero-order valence-corrected chi connectivity index (χ0v) is 12.1. The molecule has 1 aromatic carbocycles. The van der Waals surface area contributed by atoms with Crippen molar-refractivity contribution in [3.05, 3.63) is 41.6 Å². The Labute approximate surface area is 125 Å². The number of methoxy groups -OCH3 is 1. The molecule has 3 aromatic rings. The largest absolute Gasteiger partial charge is 0.495 e. The molecule has 0 fully saturated rings. The van der Waals surface area contributed by atoms with Crippen LogP contribution < -0.4 is 4.74 Å². The van der Waals surface area contributed by atoms with E-state index in [-0.39, 0.29) is 10.9 Å². The summed E-state index contributed by atoms with van der Waals surface area (Å²) >= 11 is 6.00. The summed E-state index contributed by atoms with van der Waals surface area (Å²) < 4.78 is 7.06. The van der Waals surface area contributed by atoms with Crippen molar-refractivity contribution in [1.29, 1.82) is 0 Å². The SMILES string of the molecule is COc1ccc(C(C)=O)cc1-n1cnc2c(Cl)ncnc21. The molecule has 6 nitrogen and oxygen atoms in total. The molecule has 0 radical (unpaired) electrons. The number of Topliss-reactive ketones (excluding diaryl/α,β-unsaturated/α-hetero) is 1. The fourth-order valence-electron chi connectivity index (χ4n) is 2.08. The number of imidazole rings is 1. The van der Waals surface area contributed by atoms with E-state index in [2.05, 4.69) is 15.0 Å². The van der Waals surface area contributed by atoms with E-state index in [1.165, 1.54) is 13.3 Å². The molecule has 0 aliphatic heterocycles. The Morgan fingerprint density at radius 3 is 2.81 bits per heavy atom. The number of benzene rings is 1. The highest BCUT2D eigenvalue weighted by molar-refractivity contribution is 6.33. The summed E-state index contributed by atoms with van der Waals surface area (Å²) in [5, 5.41) is 0.278. The molecular formula is C14H11ClN4O2. The summed E-state index contributed by atoms with van der Waals surface area (Å²) in [6, 6.07) is 5.19. The molecule has 2 aromatic heterocycles. The van der Waals surface area contributed by atoms with Gasteiger partial charge in [-0.15, -0.1) is 0 Å². The van der Waals surface area contributed by atoms with E-state index in [4.69, 9.17) is 16.3 Å². The molecule has 2 heterocycles. The zero-order valence-electron chi connectivity index (χ0n) is 11.4. The second-order valence-electron chi connectivity index (χ2n) is 4.39. The van der Waals surface area contributed by atoms with Crippen molar-refractivity contribution in [2.24, 2.45) is 0 Å². The average Bonchev–Trinajstić information content (AvgIpc) is 2.91. The number of halogens is 1. The first kappa shape index (κ1) is 13.5. The third kappa shape index (κ3) is 2.23. The standard InChI is InChI=1S/C14H11ClN4O2/c1-8(20)9-3-4-11(21-2)10(5-9)19-7-18-12-13(15)16-6-17-14(12)19/h3-7H,1-2H3. The molecular weight excluding hydrogens is 292 g/mol. The van der Waals surface area contributed by atoms with Crippen molar-refractivity contribution < 1.29 is 9.53 Å². The van der Waals surface area contributed by atoms with Crippen LogP contribution in [0.5, 0.6) is 5.75 Å². The van der Waals surface area contributed by atoms with Crippen LogP contribution in [0.25, 0.3) is 16.9 Å². The van der Waals surface area contributed by atoms with Crippen LogP contribution in [-0.2, 0) is 0 Å². The Morgan fingerprint density at radius 2 is 2.10 bits per heavy atom. The number of hydrogen-bond donors (Lipinski definition) is 0. The van der Waals surface area contributed by atoms with Gasteiger partial charge in [-0.05, 0) is 25.1 Å². The van der Waals surface area contributed by atoms with Gasteiger partial charge in [-0.25, -0.2) is 15.0 Å². The van der Waals surface area contributed by atoms with Crippen molar-refractivity contribution in [3.8, 4) is 11.4 Å². The smallest absolute Gasteiger partial charge is 0.169 e. The van der Waals surface area contributed by atoms with Gasteiger partial charge in [0.1, 0.15) is 23.9 Å². The molecule has 0 N–H and O–H groups in total. The van der Waals surface area contributed by atoms with Crippen molar-refractivity contribution in [2.45, 2.75) is 6.92 Å². The maximum absolute atomic E-state index is 11.6. The van der Waals surface area contributed by atoms with E-state index in [0.717, 1.165) is 0 Å². The van der Waals surface area contributed by atoms with Gasteiger partial charge in [0.05, 0.1) is 12.8 Å². The number of ketones is 1. The van der Waals surface area contributed by atoms with Crippen molar-refractivity contribution in [2.75, 3.05) is 7.11 Å². The van der Waals surface area contributed by atoms with E-state index in [1.807, 2.05) is 0 Å². The maximum Gasteiger partial charge on any atom is 0.169 e. The molecule has 0 unspecified atom stereocenters. The Morgan fingerprint density at radius 1 is 1.29 bits per heavy atom. The number of carbonyl (C=O) groups is 1. The molecule has 21 heavy (non-hydrogen) atoms. The van der Waals surface area contributed by atoms with Gasteiger partial charge in [0, 0.05) is 5.56 Å². The lowest BCUT2D eigenvalue weighted by molar-refractivity contribution is 0.101. The van der Waals surface area contributed by atoms with E-state index >= 15 is 0 Å². The monoisotopic (exact) mass is 302 g/mol. The topological polar surface area (TPSA) is 69.9 Å². The Hall–Kier alpha value is -2.47. The first-order valence-corrected chi connectivity index (χ1v) is 6.52. The van der Waals surface area contributed by atoms with Gasteiger partial charge in [0.25, 0.3) is 0 Å². The number of aromatic nitrogens is 4. The predicted octanol–water partition coefficient (Wildman–Crippen LogP) is 2.68. The third-order valence-electron chi connectivity index (χ3n) is 3.13. The zero-order chi connectivity index (χ0) is 15.0. The highest BCUT2D eigenvalue weighted by Gasteiger charge is 2.14. The number of fused-ring (bicyclic) bond motifs is 1. The molecule has 0 saturated heterocycles. The van der Waals surface area contributed by atoms with Crippen LogP contribution in [0.4, 0.5) is 0 Å². The molecule has 3 rings (SSSR count). The number of rotatable bonds is 3. The molecule has 0 aliphatic carbocycles. The van der Waals surface area contributed by atoms with Crippen LogP contribution in [0, 0.1) is 0 Å². The van der Waals surface area contributed by atoms with Gasteiger partial charge in [0.2, 0.25) is 0 Å². The normalized spacial score (nSPS) is 10.8. The lowest BCUT2D eigenvalue weighted by atomic mass is 10.1. The highest BCUT2D eigenvalue weighted by atomic mass is 35.5. The van der Waals surface area contributed by atoms with Gasteiger partial charge < -0.3 is 4.74 Å². The molecule has 0 atom stereocenters. The Bertz CT molecular complexity index is 844. The van der Waals surface area contributed by atoms with Crippen LogP contribution in [0.2, 0.25) is 5.15 Å².